The Morgan fingerprint density at radius 2 is 1.92 bits per heavy atom. The van der Waals surface area contributed by atoms with Gasteiger partial charge in [-0.2, -0.15) is 0 Å². The van der Waals surface area contributed by atoms with E-state index in [1.54, 1.807) is 0 Å². The van der Waals surface area contributed by atoms with Gasteiger partial charge in [0.1, 0.15) is 0 Å². The molecule has 3 heteroatoms. The fourth-order valence-corrected chi connectivity index (χ4v) is 1.30. The predicted octanol–water partition coefficient (Wildman–Crippen LogP) is 3.42. The van der Waals surface area contributed by atoms with Gasteiger partial charge in [-0.25, -0.2) is 0 Å². The SMILES string of the molecule is CC(C)C(N)c1cccc(Cl)c1.Cl. The Bertz CT molecular complexity index is 261. The van der Waals surface area contributed by atoms with Gasteiger partial charge in [-0.1, -0.05) is 37.6 Å². The maximum Gasteiger partial charge on any atom is 0.0409 e. The highest BCUT2D eigenvalue weighted by Gasteiger charge is 2.09. The highest BCUT2D eigenvalue weighted by Crippen LogP contribution is 2.21. The van der Waals surface area contributed by atoms with Crippen molar-refractivity contribution >= 4 is 24.0 Å². The first-order valence-corrected chi connectivity index (χ1v) is 4.50. The largest absolute Gasteiger partial charge is 0.324 e. The second-order valence-corrected chi connectivity index (χ2v) is 3.76. The molecule has 0 aromatic heterocycles. The summed E-state index contributed by atoms with van der Waals surface area (Å²) < 4.78 is 0. The van der Waals surface area contributed by atoms with Crippen molar-refractivity contribution in [2.45, 2.75) is 19.9 Å². The van der Waals surface area contributed by atoms with Crippen molar-refractivity contribution in [3.63, 3.8) is 0 Å². The van der Waals surface area contributed by atoms with Crippen LogP contribution >= 0.6 is 24.0 Å². The molecule has 1 unspecified atom stereocenters. The van der Waals surface area contributed by atoms with Crippen LogP contribution in [0, 0.1) is 5.92 Å². The minimum absolute atomic E-state index is 0. The van der Waals surface area contributed by atoms with Crippen LogP contribution in [0.2, 0.25) is 5.02 Å². The molecule has 0 radical (unpaired) electrons. The number of hydrogen-bond donors (Lipinski definition) is 1. The second-order valence-electron chi connectivity index (χ2n) is 3.32. The van der Waals surface area contributed by atoms with E-state index in [9.17, 15) is 0 Å². The van der Waals surface area contributed by atoms with Gasteiger partial charge < -0.3 is 5.73 Å². The predicted molar refractivity (Wildman–Crippen MR) is 60.5 cm³/mol. The summed E-state index contributed by atoms with van der Waals surface area (Å²) in [5, 5.41) is 0.753. The molecular weight excluding hydrogens is 205 g/mol. The summed E-state index contributed by atoms with van der Waals surface area (Å²) in [7, 11) is 0. The summed E-state index contributed by atoms with van der Waals surface area (Å²) >= 11 is 5.84. The molecule has 0 fully saturated rings. The molecule has 1 aromatic carbocycles. The van der Waals surface area contributed by atoms with Crippen molar-refractivity contribution in [3.05, 3.63) is 34.9 Å². The molecule has 0 aliphatic heterocycles. The van der Waals surface area contributed by atoms with E-state index < -0.39 is 0 Å². The van der Waals surface area contributed by atoms with E-state index in [1.165, 1.54) is 0 Å². The van der Waals surface area contributed by atoms with Crippen molar-refractivity contribution in [3.8, 4) is 0 Å². The maximum absolute atomic E-state index is 5.95. The van der Waals surface area contributed by atoms with Gasteiger partial charge in [0.05, 0.1) is 0 Å². The number of rotatable bonds is 2. The van der Waals surface area contributed by atoms with E-state index in [2.05, 4.69) is 13.8 Å². The maximum atomic E-state index is 5.95. The number of nitrogens with two attached hydrogens (primary N) is 1. The highest BCUT2D eigenvalue weighted by molar-refractivity contribution is 6.30. The van der Waals surface area contributed by atoms with Crippen LogP contribution in [0.4, 0.5) is 0 Å². The number of benzene rings is 1. The summed E-state index contributed by atoms with van der Waals surface area (Å²) in [6, 6.07) is 7.81. The van der Waals surface area contributed by atoms with E-state index in [0.717, 1.165) is 10.6 Å². The standard InChI is InChI=1S/C10H14ClN.ClH/c1-7(2)10(12)8-4-3-5-9(11)6-8;/h3-7,10H,12H2,1-2H3;1H. The molecule has 74 valence electrons. The van der Waals surface area contributed by atoms with Crippen LogP contribution in [0.15, 0.2) is 24.3 Å². The normalized spacial score (nSPS) is 12.4. The monoisotopic (exact) mass is 219 g/mol. The molecule has 0 heterocycles. The van der Waals surface area contributed by atoms with Gasteiger partial charge in [-0.05, 0) is 23.6 Å². The molecule has 1 atom stereocenters. The van der Waals surface area contributed by atoms with Gasteiger partial charge in [0.2, 0.25) is 0 Å². The van der Waals surface area contributed by atoms with Gasteiger partial charge in [-0.15, -0.1) is 12.4 Å². The van der Waals surface area contributed by atoms with Crippen molar-refractivity contribution in [1.82, 2.24) is 0 Å². The fourth-order valence-electron chi connectivity index (χ4n) is 1.10. The molecule has 0 bridgehead atoms. The lowest BCUT2D eigenvalue weighted by atomic mass is 9.97. The lowest BCUT2D eigenvalue weighted by Gasteiger charge is -2.15. The molecule has 0 saturated carbocycles. The Kier molecular flexibility index (Phi) is 5.38. The summed E-state index contributed by atoms with van der Waals surface area (Å²) in [6.07, 6.45) is 0. The van der Waals surface area contributed by atoms with Crippen LogP contribution in [0.25, 0.3) is 0 Å². The van der Waals surface area contributed by atoms with Crippen LogP contribution in [0.1, 0.15) is 25.5 Å². The first-order chi connectivity index (χ1) is 5.61. The number of hydrogen-bond acceptors (Lipinski definition) is 1. The quantitative estimate of drug-likeness (QED) is 0.811. The van der Waals surface area contributed by atoms with Gasteiger partial charge in [-0.3, -0.25) is 0 Å². The third-order valence-corrected chi connectivity index (χ3v) is 2.19. The second kappa shape index (κ2) is 5.48. The van der Waals surface area contributed by atoms with Crippen molar-refractivity contribution in [1.29, 1.82) is 0 Å². The molecule has 0 saturated heterocycles. The Balaban J connectivity index is 0.00000144. The highest BCUT2D eigenvalue weighted by atomic mass is 35.5. The summed E-state index contributed by atoms with van der Waals surface area (Å²) in [4.78, 5) is 0. The first-order valence-electron chi connectivity index (χ1n) is 4.12. The topological polar surface area (TPSA) is 26.0 Å². The van der Waals surface area contributed by atoms with Crippen molar-refractivity contribution in [2.75, 3.05) is 0 Å². The Hall–Kier alpha value is -0.240. The zero-order chi connectivity index (χ0) is 9.14. The van der Waals surface area contributed by atoms with Crippen LogP contribution in [-0.4, -0.2) is 0 Å². The summed E-state index contributed by atoms with van der Waals surface area (Å²) in [5.41, 5.74) is 7.06. The van der Waals surface area contributed by atoms with Crippen LogP contribution in [-0.2, 0) is 0 Å². The molecule has 0 amide bonds. The number of halogens is 2. The molecule has 0 spiro atoms. The Morgan fingerprint density at radius 3 is 2.38 bits per heavy atom. The zero-order valence-electron chi connectivity index (χ0n) is 7.83. The average Bonchev–Trinajstić information content (AvgIpc) is 2.03. The first kappa shape index (κ1) is 12.8. The molecule has 0 aliphatic carbocycles. The van der Waals surface area contributed by atoms with Crippen LogP contribution < -0.4 is 5.73 Å². The van der Waals surface area contributed by atoms with Gasteiger partial charge in [0, 0.05) is 11.1 Å². The third kappa shape index (κ3) is 3.55. The van der Waals surface area contributed by atoms with Crippen molar-refractivity contribution in [2.24, 2.45) is 11.7 Å². The zero-order valence-corrected chi connectivity index (χ0v) is 9.40. The Morgan fingerprint density at radius 1 is 1.31 bits per heavy atom. The van der Waals surface area contributed by atoms with Crippen LogP contribution in [0.5, 0.6) is 0 Å². The molecular formula is C10H15Cl2N. The van der Waals surface area contributed by atoms with Crippen LogP contribution in [0.3, 0.4) is 0 Å². The third-order valence-electron chi connectivity index (χ3n) is 1.95. The molecule has 2 N–H and O–H groups in total. The Labute approximate surface area is 90.7 Å². The van der Waals surface area contributed by atoms with E-state index in [0.29, 0.717) is 5.92 Å². The van der Waals surface area contributed by atoms with E-state index in [4.69, 9.17) is 17.3 Å². The summed E-state index contributed by atoms with van der Waals surface area (Å²) in [6.45, 7) is 4.21. The van der Waals surface area contributed by atoms with Gasteiger partial charge in [0.15, 0.2) is 0 Å². The molecule has 13 heavy (non-hydrogen) atoms. The minimum atomic E-state index is 0. The van der Waals surface area contributed by atoms with E-state index in [-0.39, 0.29) is 18.4 Å². The minimum Gasteiger partial charge on any atom is -0.324 e. The molecule has 1 nitrogen and oxygen atoms in total. The average molecular weight is 220 g/mol. The molecule has 0 aliphatic rings. The fraction of sp³-hybridized carbons (Fsp3) is 0.400. The van der Waals surface area contributed by atoms with E-state index in [1.807, 2.05) is 24.3 Å². The van der Waals surface area contributed by atoms with Gasteiger partial charge >= 0.3 is 0 Å². The van der Waals surface area contributed by atoms with E-state index >= 15 is 0 Å². The lowest BCUT2D eigenvalue weighted by molar-refractivity contribution is 0.514. The molecule has 1 aromatic rings. The van der Waals surface area contributed by atoms with Gasteiger partial charge in [0.25, 0.3) is 0 Å². The summed E-state index contributed by atoms with van der Waals surface area (Å²) in [5.74, 6) is 0.448. The van der Waals surface area contributed by atoms with Crippen molar-refractivity contribution < 1.29 is 0 Å². The smallest absolute Gasteiger partial charge is 0.0409 e. The lowest BCUT2D eigenvalue weighted by Crippen LogP contribution is -2.16. The molecule has 1 rings (SSSR count).